The molecule has 0 heterocycles. The van der Waals surface area contributed by atoms with Gasteiger partial charge in [0.15, 0.2) is 0 Å². The summed E-state index contributed by atoms with van der Waals surface area (Å²) in [7, 11) is 0. The van der Waals surface area contributed by atoms with Gasteiger partial charge in [0.2, 0.25) is 0 Å². The Bertz CT molecular complexity index is 434. The van der Waals surface area contributed by atoms with Crippen LogP contribution in [0.3, 0.4) is 0 Å². The second kappa shape index (κ2) is 5.06. The van der Waals surface area contributed by atoms with E-state index in [0.29, 0.717) is 0 Å². The van der Waals surface area contributed by atoms with E-state index in [2.05, 4.69) is 0 Å². The van der Waals surface area contributed by atoms with Gasteiger partial charge in [-0.05, 0) is 18.6 Å². The molecule has 0 aromatic heterocycles. The summed E-state index contributed by atoms with van der Waals surface area (Å²) in [6, 6.07) is 3.81. The van der Waals surface area contributed by atoms with Gasteiger partial charge in [-0.15, -0.1) is 0 Å². The van der Waals surface area contributed by atoms with E-state index in [1.54, 1.807) is 6.92 Å². The maximum absolute atomic E-state index is 13.1. The van der Waals surface area contributed by atoms with Crippen molar-refractivity contribution in [1.29, 1.82) is 0 Å². The van der Waals surface area contributed by atoms with Crippen molar-refractivity contribution in [1.82, 2.24) is 0 Å². The molecule has 0 aliphatic rings. The molecule has 0 spiro atoms. The summed E-state index contributed by atoms with van der Waals surface area (Å²) < 4.78 is 62.7. The summed E-state index contributed by atoms with van der Waals surface area (Å²) >= 11 is 0. The van der Waals surface area contributed by atoms with Gasteiger partial charge in [-0.3, -0.25) is 0 Å². The number of nitrogens with two attached hydrogens (primary N) is 1. The quantitative estimate of drug-likeness (QED) is 0.828. The summed E-state index contributed by atoms with van der Waals surface area (Å²) in [6.07, 6.45) is -2.69. The Kier molecular flexibility index (Phi) is 4.11. The molecule has 1 unspecified atom stereocenters. The Morgan fingerprint density at radius 3 is 2.28 bits per heavy atom. The predicted octanol–water partition coefficient (Wildman–Crippen LogP) is 3.70. The molecule has 1 aromatic carbocycles. The molecule has 0 bridgehead atoms. The van der Waals surface area contributed by atoms with Gasteiger partial charge in [0.1, 0.15) is 0 Å². The average Bonchev–Trinajstić information content (AvgIpc) is 2.25. The minimum atomic E-state index is -5.60. The first kappa shape index (κ1) is 14.6. The second-order valence-electron chi connectivity index (χ2n) is 3.92. The molecule has 1 aromatic rings. The third kappa shape index (κ3) is 3.29. The molecular weight excluding hydrogens is 253 g/mol. The van der Waals surface area contributed by atoms with Crippen LogP contribution in [0.2, 0.25) is 0 Å². The van der Waals surface area contributed by atoms with Gasteiger partial charge in [-0.2, -0.15) is 22.0 Å². The monoisotopic (exact) mass is 265 g/mol. The number of benzene rings is 1. The number of hydrogen-bond donors (Lipinski definition) is 1. The molecule has 1 nitrogen and oxygen atoms in total. The first-order valence-corrected chi connectivity index (χ1v) is 5.13. The lowest BCUT2D eigenvalue weighted by Crippen LogP contribution is -2.33. The van der Waals surface area contributed by atoms with Crippen LogP contribution in [0.4, 0.5) is 22.0 Å². The Morgan fingerprint density at radius 2 is 1.78 bits per heavy atom. The molecule has 0 radical (unpaired) electrons. The van der Waals surface area contributed by atoms with Gasteiger partial charge in [-0.25, -0.2) is 0 Å². The summed E-state index contributed by atoms with van der Waals surface area (Å²) in [6.45, 7) is 1.66. The largest absolute Gasteiger partial charge is 0.458 e. The maximum Gasteiger partial charge on any atom is 0.458 e. The summed E-state index contributed by atoms with van der Waals surface area (Å²) in [5, 5.41) is 0. The lowest BCUT2D eigenvalue weighted by molar-refractivity contribution is -0.289. The van der Waals surface area contributed by atoms with E-state index < -0.39 is 17.7 Å². The molecule has 0 aliphatic heterocycles. The number of halogens is 5. The van der Waals surface area contributed by atoms with Gasteiger partial charge in [0.05, 0.1) is 0 Å². The Morgan fingerprint density at radius 1 is 1.17 bits per heavy atom. The highest BCUT2D eigenvalue weighted by atomic mass is 19.4. The minimum Gasteiger partial charge on any atom is -0.325 e. The van der Waals surface area contributed by atoms with Crippen LogP contribution in [0, 0.1) is 0 Å². The van der Waals surface area contributed by atoms with E-state index in [-0.39, 0.29) is 11.6 Å². The van der Waals surface area contributed by atoms with Crippen LogP contribution < -0.4 is 5.73 Å². The first-order chi connectivity index (χ1) is 8.14. The van der Waals surface area contributed by atoms with E-state index in [1.165, 1.54) is 18.2 Å². The zero-order chi connectivity index (χ0) is 14.0. The minimum absolute atomic E-state index is 0.244. The van der Waals surface area contributed by atoms with Crippen molar-refractivity contribution in [2.75, 3.05) is 0 Å². The SMILES string of the molecule is CC(N)/C=C/c1cccc(C(F)(F)C(F)(F)F)c1. The fourth-order valence-corrected chi connectivity index (χ4v) is 1.26. The van der Waals surface area contributed by atoms with E-state index in [9.17, 15) is 22.0 Å². The first-order valence-electron chi connectivity index (χ1n) is 5.13. The van der Waals surface area contributed by atoms with E-state index in [4.69, 9.17) is 5.73 Å². The van der Waals surface area contributed by atoms with Crippen molar-refractivity contribution in [3.05, 3.63) is 41.5 Å². The zero-order valence-corrected chi connectivity index (χ0v) is 9.51. The normalized spacial score (nSPS) is 15.1. The predicted molar refractivity (Wildman–Crippen MR) is 59.1 cm³/mol. The lowest BCUT2D eigenvalue weighted by atomic mass is 10.0. The molecule has 0 aliphatic carbocycles. The smallest absolute Gasteiger partial charge is 0.325 e. The fourth-order valence-electron chi connectivity index (χ4n) is 1.26. The third-order valence-corrected chi connectivity index (χ3v) is 2.20. The van der Waals surface area contributed by atoms with Crippen molar-refractivity contribution in [3.63, 3.8) is 0 Å². The van der Waals surface area contributed by atoms with Gasteiger partial charge >= 0.3 is 12.1 Å². The van der Waals surface area contributed by atoms with Crippen LogP contribution in [-0.2, 0) is 5.92 Å². The second-order valence-corrected chi connectivity index (χ2v) is 3.92. The number of hydrogen-bond acceptors (Lipinski definition) is 1. The zero-order valence-electron chi connectivity index (χ0n) is 9.51. The Balaban J connectivity index is 3.10. The lowest BCUT2D eigenvalue weighted by Gasteiger charge is -2.20. The molecule has 1 atom stereocenters. The van der Waals surface area contributed by atoms with Crippen molar-refractivity contribution < 1.29 is 22.0 Å². The molecule has 100 valence electrons. The standard InChI is InChI=1S/C12H12F5N/c1-8(18)5-6-9-3-2-4-10(7-9)11(13,14)12(15,16)17/h2-8H,18H2,1H3/b6-5+. The van der Waals surface area contributed by atoms with Gasteiger partial charge in [0, 0.05) is 11.6 Å². The van der Waals surface area contributed by atoms with Crippen LogP contribution in [-0.4, -0.2) is 12.2 Å². The van der Waals surface area contributed by atoms with Gasteiger partial charge < -0.3 is 5.73 Å². The number of rotatable bonds is 3. The third-order valence-electron chi connectivity index (χ3n) is 2.20. The molecular formula is C12H12F5N. The highest BCUT2D eigenvalue weighted by Gasteiger charge is 2.58. The van der Waals surface area contributed by atoms with E-state index >= 15 is 0 Å². The van der Waals surface area contributed by atoms with E-state index in [0.717, 1.165) is 18.2 Å². The van der Waals surface area contributed by atoms with Crippen LogP contribution in [0.5, 0.6) is 0 Å². The molecule has 0 amide bonds. The van der Waals surface area contributed by atoms with E-state index in [1.807, 2.05) is 0 Å². The molecule has 1 rings (SSSR count). The highest BCUT2D eigenvalue weighted by molar-refractivity contribution is 5.51. The van der Waals surface area contributed by atoms with Crippen molar-refractivity contribution in [2.45, 2.75) is 25.1 Å². The van der Waals surface area contributed by atoms with Crippen molar-refractivity contribution in [2.24, 2.45) is 5.73 Å². The van der Waals surface area contributed by atoms with Crippen LogP contribution >= 0.6 is 0 Å². The highest BCUT2D eigenvalue weighted by Crippen LogP contribution is 2.43. The Labute approximate surface area is 101 Å². The van der Waals surface area contributed by atoms with Gasteiger partial charge in [-0.1, -0.05) is 30.4 Å². The molecule has 0 saturated heterocycles. The topological polar surface area (TPSA) is 26.0 Å². The summed E-state index contributed by atoms with van der Waals surface area (Å²) in [5.41, 5.74) is 4.58. The molecule has 2 N–H and O–H groups in total. The fraction of sp³-hybridized carbons (Fsp3) is 0.333. The molecule has 18 heavy (non-hydrogen) atoms. The van der Waals surface area contributed by atoms with Crippen molar-refractivity contribution in [3.8, 4) is 0 Å². The molecule has 0 saturated carbocycles. The van der Waals surface area contributed by atoms with Gasteiger partial charge in [0.25, 0.3) is 0 Å². The molecule has 0 fully saturated rings. The molecule has 6 heteroatoms. The number of alkyl halides is 5. The van der Waals surface area contributed by atoms with Crippen LogP contribution in [0.1, 0.15) is 18.1 Å². The summed E-state index contributed by atoms with van der Waals surface area (Å²) in [5.74, 6) is -4.86. The van der Waals surface area contributed by atoms with Crippen LogP contribution in [0.25, 0.3) is 6.08 Å². The van der Waals surface area contributed by atoms with Crippen molar-refractivity contribution >= 4 is 6.08 Å². The average molecular weight is 265 g/mol. The van der Waals surface area contributed by atoms with Crippen LogP contribution in [0.15, 0.2) is 30.3 Å². The summed E-state index contributed by atoms with van der Waals surface area (Å²) in [4.78, 5) is 0. The Hall–Kier alpha value is -1.43. The maximum atomic E-state index is 13.1.